The van der Waals surface area contributed by atoms with Gasteiger partial charge in [0.05, 0.1) is 7.11 Å². The lowest BCUT2D eigenvalue weighted by molar-refractivity contribution is -0.126. The Labute approximate surface area is 105 Å². The Kier molecular flexibility index (Phi) is 4.53. The summed E-state index contributed by atoms with van der Waals surface area (Å²) >= 11 is 0. The average molecular weight is 252 g/mol. The van der Waals surface area contributed by atoms with Gasteiger partial charge in [-0.3, -0.25) is 4.79 Å². The van der Waals surface area contributed by atoms with Gasteiger partial charge in [-0.1, -0.05) is 0 Å². The lowest BCUT2D eigenvalue weighted by Gasteiger charge is -2.15. The number of carbonyl (C=O) groups is 2. The van der Waals surface area contributed by atoms with E-state index in [1.165, 1.54) is 26.3 Å². The molecule has 6 heteroatoms. The molecular formula is C12H16N2O4. The van der Waals surface area contributed by atoms with E-state index in [1.807, 2.05) is 0 Å². The molecular weight excluding hydrogens is 236 g/mol. The summed E-state index contributed by atoms with van der Waals surface area (Å²) in [6.45, 7) is 1.58. The van der Waals surface area contributed by atoms with Crippen LogP contribution in [0.5, 0.6) is 5.75 Å². The lowest BCUT2D eigenvalue weighted by Crippen LogP contribution is -2.34. The van der Waals surface area contributed by atoms with Gasteiger partial charge >= 0.3 is 5.97 Å². The van der Waals surface area contributed by atoms with Crippen LogP contribution in [0, 0.1) is 0 Å². The van der Waals surface area contributed by atoms with Crippen molar-refractivity contribution in [3.8, 4) is 5.75 Å². The third-order valence-electron chi connectivity index (χ3n) is 2.33. The Morgan fingerprint density at radius 2 is 2.06 bits per heavy atom. The minimum atomic E-state index is -0.720. The summed E-state index contributed by atoms with van der Waals surface area (Å²) in [6.07, 6.45) is -0.720. The van der Waals surface area contributed by atoms with Crippen LogP contribution >= 0.6 is 0 Å². The number of esters is 1. The molecule has 1 amide bonds. The number of carbonyl (C=O) groups excluding carboxylic acids is 2. The topological polar surface area (TPSA) is 90.6 Å². The number of benzene rings is 1. The second-order valence-corrected chi connectivity index (χ2v) is 3.62. The monoisotopic (exact) mass is 252 g/mol. The van der Waals surface area contributed by atoms with Crippen LogP contribution in [0.15, 0.2) is 18.2 Å². The van der Waals surface area contributed by atoms with Crippen molar-refractivity contribution in [3.63, 3.8) is 0 Å². The van der Waals surface area contributed by atoms with Crippen molar-refractivity contribution in [1.29, 1.82) is 0 Å². The summed E-state index contributed by atoms with van der Waals surface area (Å²) in [4.78, 5) is 22.9. The first kappa shape index (κ1) is 13.8. The zero-order chi connectivity index (χ0) is 13.7. The molecule has 98 valence electrons. The predicted molar refractivity (Wildman–Crippen MR) is 66.4 cm³/mol. The number of hydrogen-bond donors (Lipinski definition) is 2. The molecule has 0 radical (unpaired) electrons. The first-order valence-electron chi connectivity index (χ1n) is 5.35. The van der Waals surface area contributed by atoms with Gasteiger partial charge in [0, 0.05) is 12.7 Å². The zero-order valence-corrected chi connectivity index (χ0v) is 10.5. The summed E-state index contributed by atoms with van der Waals surface area (Å²) in [5, 5.41) is 2.45. The third kappa shape index (κ3) is 3.13. The summed E-state index contributed by atoms with van der Waals surface area (Å²) < 4.78 is 10.0. The van der Waals surface area contributed by atoms with E-state index in [1.54, 1.807) is 13.0 Å². The Balaban J connectivity index is 3.01. The van der Waals surface area contributed by atoms with Gasteiger partial charge in [-0.25, -0.2) is 4.79 Å². The van der Waals surface area contributed by atoms with Gasteiger partial charge in [-0.05, 0) is 25.1 Å². The van der Waals surface area contributed by atoms with E-state index >= 15 is 0 Å². The van der Waals surface area contributed by atoms with Gasteiger partial charge in [-0.2, -0.15) is 0 Å². The van der Waals surface area contributed by atoms with E-state index in [-0.39, 0.29) is 17.2 Å². The van der Waals surface area contributed by atoms with E-state index in [0.29, 0.717) is 5.69 Å². The van der Waals surface area contributed by atoms with Crippen LogP contribution in [0.4, 0.5) is 5.69 Å². The molecule has 1 atom stereocenters. The van der Waals surface area contributed by atoms with E-state index in [0.717, 1.165) is 0 Å². The molecule has 0 aliphatic carbocycles. The largest absolute Gasteiger partial charge is 0.480 e. The molecule has 1 unspecified atom stereocenters. The highest BCUT2D eigenvalue weighted by Gasteiger charge is 2.18. The van der Waals surface area contributed by atoms with Gasteiger partial charge in [-0.15, -0.1) is 0 Å². The fourth-order valence-electron chi connectivity index (χ4n) is 1.37. The number of nitrogens with two attached hydrogens (primary N) is 1. The SMILES string of the molecule is CNC(=O)C(C)Oc1ccc(N)cc1C(=O)OC. The molecule has 18 heavy (non-hydrogen) atoms. The molecule has 0 saturated heterocycles. The number of amides is 1. The minimum absolute atomic E-state index is 0.188. The fourth-order valence-corrected chi connectivity index (χ4v) is 1.37. The number of nitrogen functional groups attached to an aromatic ring is 1. The first-order valence-corrected chi connectivity index (χ1v) is 5.35. The summed E-state index contributed by atoms with van der Waals surface area (Å²) in [6, 6.07) is 4.55. The molecule has 0 heterocycles. The van der Waals surface area contributed by atoms with Crippen LogP contribution < -0.4 is 15.8 Å². The van der Waals surface area contributed by atoms with Crippen molar-refractivity contribution in [2.75, 3.05) is 19.9 Å². The highest BCUT2D eigenvalue weighted by atomic mass is 16.5. The van der Waals surface area contributed by atoms with E-state index in [4.69, 9.17) is 10.5 Å². The van der Waals surface area contributed by atoms with Crippen LogP contribution in [0.1, 0.15) is 17.3 Å². The third-order valence-corrected chi connectivity index (χ3v) is 2.33. The molecule has 6 nitrogen and oxygen atoms in total. The van der Waals surface area contributed by atoms with Crippen molar-refractivity contribution in [2.45, 2.75) is 13.0 Å². The molecule has 0 aromatic heterocycles. The van der Waals surface area contributed by atoms with Gasteiger partial charge < -0.3 is 20.5 Å². The average Bonchev–Trinajstić information content (AvgIpc) is 2.38. The maximum absolute atomic E-state index is 11.5. The van der Waals surface area contributed by atoms with E-state index in [9.17, 15) is 9.59 Å². The zero-order valence-electron chi connectivity index (χ0n) is 10.5. The first-order chi connectivity index (χ1) is 8.49. The molecule has 0 aliphatic rings. The van der Waals surface area contributed by atoms with Crippen LogP contribution in [0.2, 0.25) is 0 Å². The van der Waals surface area contributed by atoms with Crippen LogP contribution in [-0.4, -0.2) is 32.1 Å². The number of hydrogen-bond acceptors (Lipinski definition) is 5. The Bertz CT molecular complexity index is 459. The van der Waals surface area contributed by atoms with Crippen molar-refractivity contribution in [1.82, 2.24) is 5.32 Å². The number of methoxy groups -OCH3 is 1. The highest BCUT2D eigenvalue weighted by molar-refractivity contribution is 5.93. The second kappa shape index (κ2) is 5.90. The quantitative estimate of drug-likeness (QED) is 0.604. The number of ether oxygens (including phenoxy) is 2. The molecule has 0 bridgehead atoms. The maximum atomic E-state index is 11.5. The predicted octanol–water partition coefficient (Wildman–Crippen LogP) is 0.569. The molecule has 1 aromatic carbocycles. The van der Waals surface area contributed by atoms with Gasteiger partial charge in [0.15, 0.2) is 6.10 Å². The van der Waals surface area contributed by atoms with E-state index in [2.05, 4.69) is 10.1 Å². The van der Waals surface area contributed by atoms with Gasteiger partial charge in [0.1, 0.15) is 11.3 Å². The Morgan fingerprint density at radius 1 is 1.39 bits per heavy atom. The molecule has 0 aliphatic heterocycles. The number of nitrogens with one attached hydrogen (secondary N) is 1. The van der Waals surface area contributed by atoms with Crippen molar-refractivity contribution < 1.29 is 19.1 Å². The number of anilines is 1. The maximum Gasteiger partial charge on any atom is 0.341 e. The lowest BCUT2D eigenvalue weighted by atomic mass is 10.1. The smallest absolute Gasteiger partial charge is 0.341 e. The highest BCUT2D eigenvalue weighted by Crippen LogP contribution is 2.23. The molecule has 3 N–H and O–H groups in total. The van der Waals surface area contributed by atoms with Crippen LogP contribution in [0.25, 0.3) is 0 Å². The standard InChI is InChI=1S/C12H16N2O4/c1-7(11(15)14-2)18-10-5-4-8(13)6-9(10)12(16)17-3/h4-7H,13H2,1-3H3,(H,14,15). The van der Waals surface area contributed by atoms with Crippen molar-refractivity contribution in [2.24, 2.45) is 0 Å². The van der Waals surface area contributed by atoms with Crippen molar-refractivity contribution >= 4 is 17.6 Å². The molecule has 0 spiro atoms. The van der Waals surface area contributed by atoms with Crippen molar-refractivity contribution in [3.05, 3.63) is 23.8 Å². The van der Waals surface area contributed by atoms with Crippen LogP contribution in [0.3, 0.4) is 0 Å². The molecule has 1 rings (SSSR count). The summed E-state index contributed by atoms with van der Waals surface area (Å²) in [7, 11) is 2.77. The number of likely N-dealkylation sites (N-methyl/N-ethyl adjacent to an activating group) is 1. The molecule has 0 saturated carbocycles. The van der Waals surface area contributed by atoms with E-state index < -0.39 is 12.1 Å². The van der Waals surface area contributed by atoms with Gasteiger partial charge in [0.2, 0.25) is 0 Å². The fraction of sp³-hybridized carbons (Fsp3) is 0.333. The number of rotatable bonds is 4. The summed E-state index contributed by atoms with van der Waals surface area (Å²) in [5.41, 5.74) is 6.19. The molecule has 1 aromatic rings. The molecule has 0 fully saturated rings. The van der Waals surface area contributed by atoms with Crippen LogP contribution in [-0.2, 0) is 9.53 Å². The minimum Gasteiger partial charge on any atom is -0.480 e. The summed E-state index contributed by atoms with van der Waals surface area (Å²) in [5.74, 6) is -0.601. The second-order valence-electron chi connectivity index (χ2n) is 3.62. The Hall–Kier alpha value is -2.24. The normalized spacial score (nSPS) is 11.5. The van der Waals surface area contributed by atoms with Gasteiger partial charge in [0.25, 0.3) is 5.91 Å². The Morgan fingerprint density at radius 3 is 2.61 bits per heavy atom.